The number of nitrogens with zero attached hydrogens (tertiary/aromatic N) is 1. The highest BCUT2D eigenvalue weighted by Crippen LogP contribution is 2.21. The number of aromatic nitrogens is 1. The van der Waals surface area contributed by atoms with Crippen molar-refractivity contribution in [3.63, 3.8) is 0 Å². The molecule has 0 bridgehead atoms. The predicted octanol–water partition coefficient (Wildman–Crippen LogP) is 3.04. The highest BCUT2D eigenvalue weighted by atomic mass is 32.2. The Morgan fingerprint density at radius 1 is 1.32 bits per heavy atom. The molecule has 1 heterocycles. The van der Waals surface area contributed by atoms with Gasteiger partial charge in [-0.3, -0.25) is 9.59 Å². The van der Waals surface area contributed by atoms with Gasteiger partial charge in [-0.05, 0) is 45.0 Å². The largest absolute Gasteiger partial charge is 0.494 e. The first-order valence-corrected chi connectivity index (χ1v) is 8.75. The molecule has 0 aliphatic carbocycles. The van der Waals surface area contributed by atoms with E-state index in [-0.39, 0.29) is 11.6 Å². The summed E-state index contributed by atoms with van der Waals surface area (Å²) in [6.07, 6.45) is -0.926. The minimum Gasteiger partial charge on any atom is -0.494 e. The molecule has 134 valence electrons. The Hall–Kier alpha value is -2.48. The van der Waals surface area contributed by atoms with Crippen molar-refractivity contribution in [2.75, 3.05) is 17.7 Å². The van der Waals surface area contributed by atoms with E-state index < -0.39 is 18.0 Å². The molecule has 1 aromatic carbocycles. The number of aryl methyl sites for hydroxylation is 1. The van der Waals surface area contributed by atoms with Gasteiger partial charge in [-0.15, -0.1) is 11.8 Å². The molecular weight excluding hydrogens is 344 g/mol. The van der Waals surface area contributed by atoms with E-state index in [1.807, 2.05) is 31.2 Å². The van der Waals surface area contributed by atoms with Crippen molar-refractivity contribution in [2.24, 2.45) is 0 Å². The molecule has 0 radical (unpaired) electrons. The van der Waals surface area contributed by atoms with Crippen molar-refractivity contribution in [3.8, 4) is 5.75 Å². The average molecular weight is 364 g/mol. The monoisotopic (exact) mass is 364 g/mol. The fourth-order valence-corrected chi connectivity index (χ4v) is 2.56. The zero-order valence-corrected chi connectivity index (χ0v) is 15.1. The van der Waals surface area contributed by atoms with Crippen molar-refractivity contribution < 1.29 is 23.6 Å². The van der Waals surface area contributed by atoms with Gasteiger partial charge in [0.1, 0.15) is 11.5 Å². The zero-order valence-electron chi connectivity index (χ0n) is 14.3. The van der Waals surface area contributed by atoms with Crippen LogP contribution in [0.15, 0.2) is 39.8 Å². The molecule has 1 N–H and O–H groups in total. The second kappa shape index (κ2) is 9.12. The summed E-state index contributed by atoms with van der Waals surface area (Å²) in [5.74, 6) is 0.809. The summed E-state index contributed by atoms with van der Waals surface area (Å²) < 4.78 is 15.3. The number of carbonyl (C=O) groups is 2. The van der Waals surface area contributed by atoms with Crippen LogP contribution in [0.2, 0.25) is 0 Å². The van der Waals surface area contributed by atoms with Gasteiger partial charge in [-0.2, -0.15) is 0 Å². The lowest BCUT2D eigenvalue weighted by molar-refractivity contribution is -0.150. The van der Waals surface area contributed by atoms with Crippen molar-refractivity contribution in [3.05, 3.63) is 36.1 Å². The summed E-state index contributed by atoms with van der Waals surface area (Å²) in [6, 6.07) is 8.99. The van der Waals surface area contributed by atoms with Gasteiger partial charge in [0.05, 0.1) is 12.4 Å². The molecular formula is C17H20N2O5S. The number of benzene rings is 1. The predicted molar refractivity (Wildman–Crippen MR) is 93.8 cm³/mol. The Morgan fingerprint density at radius 2 is 2.04 bits per heavy atom. The van der Waals surface area contributed by atoms with E-state index in [9.17, 15) is 9.59 Å². The highest BCUT2D eigenvalue weighted by Gasteiger charge is 2.19. The number of amides is 1. The Labute approximate surface area is 150 Å². The fraction of sp³-hybridized carbons (Fsp3) is 0.353. The summed E-state index contributed by atoms with van der Waals surface area (Å²) in [6.45, 7) is 5.73. The van der Waals surface area contributed by atoms with Crippen LogP contribution in [0, 0.1) is 6.92 Å². The lowest BCUT2D eigenvalue weighted by Crippen LogP contribution is -2.30. The molecule has 0 saturated heterocycles. The number of ether oxygens (including phenoxy) is 2. The maximum absolute atomic E-state index is 11.9. The molecule has 0 saturated carbocycles. The number of nitrogens with one attached hydrogen (secondary N) is 1. The van der Waals surface area contributed by atoms with E-state index in [4.69, 9.17) is 14.0 Å². The van der Waals surface area contributed by atoms with Gasteiger partial charge >= 0.3 is 5.97 Å². The maximum Gasteiger partial charge on any atom is 0.317 e. The van der Waals surface area contributed by atoms with Crippen LogP contribution in [-0.4, -0.2) is 35.5 Å². The van der Waals surface area contributed by atoms with Crippen LogP contribution in [0.4, 0.5) is 5.82 Å². The smallest absolute Gasteiger partial charge is 0.317 e. The van der Waals surface area contributed by atoms with Crippen molar-refractivity contribution in [1.82, 2.24) is 5.16 Å². The summed E-state index contributed by atoms with van der Waals surface area (Å²) in [5, 5.41) is 6.17. The lowest BCUT2D eigenvalue weighted by atomic mass is 10.3. The molecule has 7 nitrogen and oxygen atoms in total. The summed E-state index contributed by atoms with van der Waals surface area (Å²) in [5.41, 5.74) is 0. The van der Waals surface area contributed by atoms with Crippen LogP contribution in [0.1, 0.15) is 19.6 Å². The second-order valence-electron chi connectivity index (χ2n) is 5.14. The number of rotatable bonds is 8. The van der Waals surface area contributed by atoms with E-state index in [1.54, 1.807) is 13.0 Å². The molecule has 0 aliphatic heterocycles. The van der Waals surface area contributed by atoms with Crippen LogP contribution in [-0.2, 0) is 14.3 Å². The molecule has 1 atom stereocenters. The van der Waals surface area contributed by atoms with Gasteiger partial charge in [-0.25, -0.2) is 0 Å². The van der Waals surface area contributed by atoms with E-state index in [0.717, 1.165) is 10.6 Å². The van der Waals surface area contributed by atoms with Crippen molar-refractivity contribution in [1.29, 1.82) is 0 Å². The molecule has 8 heteroatoms. The van der Waals surface area contributed by atoms with E-state index in [1.165, 1.54) is 18.7 Å². The number of hydrogen-bond acceptors (Lipinski definition) is 7. The Kier molecular flexibility index (Phi) is 6.88. The van der Waals surface area contributed by atoms with E-state index >= 15 is 0 Å². The lowest BCUT2D eigenvalue weighted by Gasteiger charge is -2.12. The summed E-state index contributed by atoms with van der Waals surface area (Å²) >= 11 is 1.33. The van der Waals surface area contributed by atoms with E-state index in [2.05, 4.69) is 10.5 Å². The quantitative estimate of drug-likeness (QED) is 0.568. The molecule has 0 spiro atoms. The van der Waals surface area contributed by atoms with Crippen molar-refractivity contribution in [2.45, 2.75) is 31.8 Å². The normalized spacial score (nSPS) is 11.6. The van der Waals surface area contributed by atoms with Gasteiger partial charge in [0.15, 0.2) is 11.9 Å². The molecule has 2 rings (SSSR count). The van der Waals surface area contributed by atoms with Gasteiger partial charge in [0, 0.05) is 11.0 Å². The Bertz CT molecular complexity index is 714. The number of carbonyl (C=O) groups excluding carboxylic acids is 2. The molecule has 0 fully saturated rings. The summed E-state index contributed by atoms with van der Waals surface area (Å²) in [4.78, 5) is 24.7. The molecule has 0 unspecified atom stereocenters. The first kappa shape index (κ1) is 18.9. The molecule has 2 aromatic rings. The molecule has 1 amide bonds. The van der Waals surface area contributed by atoms with Crippen LogP contribution >= 0.6 is 11.8 Å². The Morgan fingerprint density at radius 3 is 2.64 bits per heavy atom. The zero-order chi connectivity index (χ0) is 18.2. The Balaban J connectivity index is 1.75. The SMILES string of the molecule is CCOc1ccc(SCC(=O)O[C@@H](C)C(=O)Nc2cc(C)on2)cc1. The van der Waals surface area contributed by atoms with Crippen LogP contribution in [0.5, 0.6) is 5.75 Å². The topological polar surface area (TPSA) is 90.7 Å². The average Bonchev–Trinajstić information content (AvgIpc) is 2.99. The third kappa shape index (κ3) is 6.15. The van der Waals surface area contributed by atoms with Crippen LogP contribution in [0.3, 0.4) is 0 Å². The van der Waals surface area contributed by atoms with Gasteiger partial charge in [-0.1, -0.05) is 5.16 Å². The third-order valence-corrected chi connectivity index (χ3v) is 4.03. The van der Waals surface area contributed by atoms with Crippen molar-refractivity contribution >= 4 is 29.5 Å². The fourth-order valence-electron chi connectivity index (χ4n) is 1.88. The third-order valence-electron chi connectivity index (χ3n) is 3.05. The molecule has 25 heavy (non-hydrogen) atoms. The summed E-state index contributed by atoms with van der Waals surface area (Å²) in [7, 11) is 0. The minimum absolute atomic E-state index is 0.106. The number of anilines is 1. The first-order chi connectivity index (χ1) is 12.0. The second-order valence-corrected chi connectivity index (χ2v) is 6.19. The number of esters is 1. The molecule has 0 aliphatic rings. The van der Waals surface area contributed by atoms with Gasteiger partial charge in [0.25, 0.3) is 5.91 Å². The standard InChI is InChI=1S/C17H20N2O5S/c1-4-22-13-5-7-14(8-6-13)25-10-16(20)23-12(3)17(21)18-15-9-11(2)24-19-15/h5-9,12H,4,10H2,1-3H3,(H,18,19,21)/t12-/m0/s1. The maximum atomic E-state index is 11.9. The highest BCUT2D eigenvalue weighted by molar-refractivity contribution is 8.00. The minimum atomic E-state index is -0.926. The first-order valence-electron chi connectivity index (χ1n) is 7.77. The number of hydrogen-bond donors (Lipinski definition) is 1. The van der Waals surface area contributed by atoms with Crippen LogP contribution in [0.25, 0.3) is 0 Å². The van der Waals surface area contributed by atoms with Gasteiger partial charge < -0.3 is 19.3 Å². The number of thioether (sulfide) groups is 1. The van der Waals surface area contributed by atoms with Gasteiger partial charge in [0.2, 0.25) is 0 Å². The van der Waals surface area contributed by atoms with Crippen LogP contribution < -0.4 is 10.1 Å². The molecule has 1 aromatic heterocycles. The van der Waals surface area contributed by atoms with E-state index in [0.29, 0.717) is 12.4 Å².